The summed E-state index contributed by atoms with van der Waals surface area (Å²) >= 11 is 0. The summed E-state index contributed by atoms with van der Waals surface area (Å²) in [7, 11) is 4.66. The minimum atomic E-state index is -0.768. The van der Waals surface area contributed by atoms with E-state index in [0.717, 1.165) is 19.3 Å². The van der Waals surface area contributed by atoms with E-state index in [-0.39, 0.29) is 18.4 Å². The Labute approximate surface area is 177 Å². The first-order valence-corrected chi connectivity index (χ1v) is 10.5. The van der Waals surface area contributed by atoms with Crippen molar-refractivity contribution in [2.45, 2.75) is 50.3 Å². The molecule has 1 spiro atoms. The number of benzene rings is 1. The highest BCUT2D eigenvalue weighted by atomic mass is 16.5. The fraction of sp³-hybridized carbons (Fsp3) is 0.636. The van der Waals surface area contributed by atoms with Crippen LogP contribution in [0.25, 0.3) is 0 Å². The van der Waals surface area contributed by atoms with E-state index in [1.165, 1.54) is 14.2 Å². The SMILES string of the molecule is COCCCNC(=O)C1COC2(CCCCC2)N1C(=O)c1c(OC)cccc1OC. The lowest BCUT2D eigenvalue weighted by Gasteiger charge is -2.41. The van der Waals surface area contributed by atoms with Gasteiger partial charge in [-0.05, 0) is 44.2 Å². The van der Waals surface area contributed by atoms with Gasteiger partial charge in [0.1, 0.15) is 28.8 Å². The third kappa shape index (κ3) is 4.39. The second-order valence-corrected chi connectivity index (χ2v) is 7.68. The van der Waals surface area contributed by atoms with Crippen LogP contribution in [0, 0.1) is 0 Å². The Morgan fingerprint density at radius 1 is 1.13 bits per heavy atom. The zero-order valence-corrected chi connectivity index (χ0v) is 18.1. The molecular weight excluding hydrogens is 388 g/mol. The number of rotatable bonds is 8. The molecule has 2 amide bonds. The fourth-order valence-electron chi connectivity index (χ4n) is 4.40. The summed E-state index contributed by atoms with van der Waals surface area (Å²) in [6.07, 6.45) is 5.13. The van der Waals surface area contributed by atoms with Gasteiger partial charge in [-0.1, -0.05) is 12.5 Å². The first-order chi connectivity index (χ1) is 14.6. The number of nitrogens with one attached hydrogen (secondary N) is 1. The van der Waals surface area contributed by atoms with E-state index >= 15 is 0 Å². The first-order valence-electron chi connectivity index (χ1n) is 10.5. The summed E-state index contributed by atoms with van der Waals surface area (Å²) in [5.74, 6) is 0.310. The molecule has 2 fully saturated rings. The highest BCUT2D eigenvalue weighted by Gasteiger charge is 2.53. The van der Waals surface area contributed by atoms with Gasteiger partial charge in [-0.25, -0.2) is 0 Å². The lowest BCUT2D eigenvalue weighted by Crippen LogP contribution is -2.56. The van der Waals surface area contributed by atoms with Gasteiger partial charge in [-0.15, -0.1) is 0 Å². The standard InChI is InChI=1S/C22H32N2O6/c1-27-14-8-13-23-20(25)16-15-30-22(11-5-4-6-12-22)24(16)21(26)19-17(28-2)9-7-10-18(19)29-3/h7,9-10,16H,4-6,8,11-15H2,1-3H3,(H,23,25). The van der Waals surface area contributed by atoms with E-state index in [4.69, 9.17) is 18.9 Å². The molecule has 1 saturated heterocycles. The van der Waals surface area contributed by atoms with Crippen LogP contribution < -0.4 is 14.8 Å². The molecule has 0 aromatic heterocycles. The van der Waals surface area contributed by atoms with Crippen molar-refractivity contribution in [1.29, 1.82) is 0 Å². The number of amides is 2. The summed E-state index contributed by atoms with van der Waals surface area (Å²) in [6.45, 7) is 1.22. The van der Waals surface area contributed by atoms with E-state index < -0.39 is 11.8 Å². The second kappa shape index (κ2) is 10.1. The number of ether oxygens (including phenoxy) is 4. The Balaban J connectivity index is 1.93. The van der Waals surface area contributed by atoms with Crippen molar-refractivity contribution in [1.82, 2.24) is 10.2 Å². The van der Waals surface area contributed by atoms with Crippen LogP contribution in [0.1, 0.15) is 48.9 Å². The molecular formula is C22H32N2O6. The fourth-order valence-corrected chi connectivity index (χ4v) is 4.40. The van der Waals surface area contributed by atoms with Gasteiger partial charge in [0, 0.05) is 20.3 Å². The van der Waals surface area contributed by atoms with Crippen LogP contribution in [-0.2, 0) is 14.3 Å². The van der Waals surface area contributed by atoms with Crippen molar-refractivity contribution >= 4 is 11.8 Å². The summed E-state index contributed by atoms with van der Waals surface area (Å²) in [5.41, 5.74) is -0.453. The quantitative estimate of drug-likeness (QED) is 0.650. The second-order valence-electron chi connectivity index (χ2n) is 7.68. The number of nitrogens with zero attached hydrogens (tertiary/aromatic N) is 1. The minimum Gasteiger partial charge on any atom is -0.496 e. The Kier molecular flexibility index (Phi) is 7.55. The molecule has 1 aliphatic heterocycles. The van der Waals surface area contributed by atoms with Crippen LogP contribution in [0.15, 0.2) is 18.2 Å². The third-order valence-electron chi connectivity index (χ3n) is 5.88. The molecule has 2 aliphatic rings. The van der Waals surface area contributed by atoms with E-state index in [2.05, 4.69) is 5.32 Å². The molecule has 1 aromatic carbocycles. The van der Waals surface area contributed by atoms with Gasteiger partial charge in [0.15, 0.2) is 0 Å². The number of methoxy groups -OCH3 is 3. The Morgan fingerprint density at radius 3 is 2.40 bits per heavy atom. The normalized spacial score (nSPS) is 20.2. The largest absolute Gasteiger partial charge is 0.496 e. The molecule has 1 aromatic rings. The molecule has 0 radical (unpaired) electrons. The molecule has 1 N–H and O–H groups in total. The number of hydrogen-bond acceptors (Lipinski definition) is 6. The van der Waals surface area contributed by atoms with Gasteiger partial charge >= 0.3 is 0 Å². The summed E-state index contributed by atoms with van der Waals surface area (Å²) in [6, 6.07) is 4.51. The molecule has 30 heavy (non-hydrogen) atoms. The smallest absolute Gasteiger partial charge is 0.264 e. The molecule has 0 bridgehead atoms. The zero-order chi connectivity index (χ0) is 21.6. The Hall–Kier alpha value is -2.32. The van der Waals surface area contributed by atoms with Gasteiger partial charge in [-0.2, -0.15) is 0 Å². The van der Waals surface area contributed by atoms with Crippen LogP contribution in [0.3, 0.4) is 0 Å². The van der Waals surface area contributed by atoms with Crippen LogP contribution in [0.4, 0.5) is 0 Å². The molecule has 1 heterocycles. The third-order valence-corrected chi connectivity index (χ3v) is 5.88. The first kappa shape index (κ1) is 22.4. The lowest BCUT2D eigenvalue weighted by atomic mass is 9.89. The van der Waals surface area contributed by atoms with Crippen molar-refractivity contribution in [3.63, 3.8) is 0 Å². The van der Waals surface area contributed by atoms with Gasteiger partial charge in [0.25, 0.3) is 5.91 Å². The molecule has 166 valence electrons. The Bertz CT molecular complexity index is 725. The van der Waals surface area contributed by atoms with Crippen LogP contribution >= 0.6 is 0 Å². The highest BCUT2D eigenvalue weighted by molar-refractivity contribution is 6.02. The topological polar surface area (TPSA) is 86.3 Å². The lowest BCUT2D eigenvalue weighted by molar-refractivity contribution is -0.127. The number of hydrogen-bond donors (Lipinski definition) is 1. The van der Waals surface area contributed by atoms with E-state index in [9.17, 15) is 9.59 Å². The van der Waals surface area contributed by atoms with E-state index in [1.54, 1.807) is 30.2 Å². The maximum Gasteiger partial charge on any atom is 0.264 e. The van der Waals surface area contributed by atoms with Crippen LogP contribution in [0.2, 0.25) is 0 Å². The van der Waals surface area contributed by atoms with Crippen molar-refractivity contribution in [2.75, 3.05) is 41.1 Å². The average Bonchev–Trinajstić information content (AvgIpc) is 3.14. The van der Waals surface area contributed by atoms with E-state index in [1.807, 2.05) is 0 Å². The average molecular weight is 421 g/mol. The molecule has 1 atom stereocenters. The summed E-state index contributed by atoms with van der Waals surface area (Å²) in [4.78, 5) is 28.5. The van der Waals surface area contributed by atoms with E-state index in [0.29, 0.717) is 49.5 Å². The van der Waals surface area contributed by atoms with Crippen molar-refractivity contribution in [2.24, 2.45) is 0 Å². The predicted octanol–water partition coefficient (Wildman–Crippen LogP) is 2.36. The molecule has 8 nitrogen and oxygen atoms in total. The predicted molar refractivity (Wildman–Crippen MR) is 111 cm³/mol. The van der Waals surface area contributed by atoms with Crippen molar-refractivity contribution in [3.8, 4) is 11.5 Å². The molecule has 8 heteroatoms. The van der Waals surface area contributed by atoms with Gasteiger partial charge in [0.05, 0.1) is 20.8 Å². The number of carbonyl (C=O) groups is 2. The van der Waals surface area contributed by atoms with Crippen LogP contribution in [0.5, 0.6) is 11.5 Å². The highest BCUT2D eigenvalue weighted by Crippen LogP contribution is 2.43. The van der Waals surface area contributed by atoms with Gasteiger partial charge < -0.3 is 24.3 Å². The Morgan fingerprint density at radius 2 is 1.80 bits per heavy atom. The molecule has 3 rings (SSSR count). The minimum absolute atomic E-state index is 0.180. The zero-order valence-electron chi connectivity index (χ0n) is 18.1. The maximum atomic E-state index is 13.9. The summed E-state index contributed by atoms with van der Waals surface area (Å²) < 4.78 is 22.1. The monoisotopic (exact) mass is 420 g/mol. The van der Waals surface area contributed by atoms with Crippen LogP contribution in [-0.4, -0.2) is 69.6 Å². The molecule has 1 unspecified atom stereocenters. The van der Waals surface area contributed by atoms with Crippen molar-refractivity contribution in [3.05, 3.63) is 23.8 Å². The number of carbonyl (C=O) groups excluding carboxylic acids is 2. The maximum absolute atomic E-state index is 13.9. The van der Waals surface area contributed by atoms with Gasteiger partial charge in [0.2, 0.25) is 5.91 Å². The molecule has 1 aliphatic carbocycles. The molecule has 1 saturated carbocycles. The van der Waals surface area contributed by atoms with Gasteiger partial charge in [-0.3, -0.25) is 14.5 Å². The summed E-state index contributed by atoms with van der Waals surface area (Å²) in [5, 5.41) is 2.92. The van der Waals surface area contributed by atoms with Crippen molar-refractivity contribution < 1.29 is 28.5 Å².